The summed E-state index contributed by atoms with van der Waals surface area (Å²) in [5, 5.41) is 0. The van der Waals surface area contributed by atoms with E-state index in [2.05, 4.69) is 0 Å². The van der Waals surface area contributed by atoms with Crippen LogP contribution in [-0.4, -0.2) is 0 Å². The molecule has 0 nitrogen and oxygen atoms in total. The van der Waals surface area contributed by atoms with Crippen LogP contribution < -0.4 is 0 Å². The fourth-order valence-electron chi connectivity index (χ4n) is 0. The zero-order valence-electron chi connectivity index (χ0n) is 10.0. The number of hydrogen-bond donors (Lipinski definition) is 0. The van der Waals surface area contributed by atoms with E-state index in [1.165, 1.54) is 0 Å². The van der Waals surface area contributed by atoms with Crippen LogP contribution in [0.15, 0.2) is 12.1 Å². The molecule has 0 aromatic heterocycles. The summed E-state index contributed by atoms with van der Waals surface area (Å²) in [4.78, 5) is 0. The van der Waals surface area contributed by atoms with Crippen LogP contribution in [-0.2, 0) is 0 Å². The lowest BCUT2D eigenvalue weighted by Crippen LogP contribution is -1.26. The molecule has 0 aromatic rings. The van der Waals surface area contributed by atoms with Crippen LogP contribution >= 0.6 is 0 Å². The summed E-state index contributed by atoms with van der Waals surface area (Å²) in [6.45, 7) is -5.63. The third kappa shape index (κ3) is 1.74. The lowest BCUT2D eigenvalue weighted by atomic mass is 10.6. The van der Waals surface area contributed by atoms with Gasteiger partial charge < -0.3 is 0 Å². The predicted molar refractivity (Wildman–Crippen MR) is 20.5 cm³/mol. The van der Waals surface area contributed by atoms with E-state index in [4.69, 9.17) is 11.0 Å². The normalized spacial score (nSPS) is 50.0. The summed E-state index contributed by atoms with van der Waals surface area (Å²) in [6, 6.07) is -2.25. The lowest BCUT2D eigenvalue weighted by molar-refractivity contribution is 1.64. The van der Waals surface area contributed by atoms with Gasteiger partial charge in [-0.3, -0.25) is 0 Å². The average Bonchev–Trinajstić information content (AvgIpc) is 1.80. The minimum Gasteiger partial charge on any atom is -0.0919 e. The number of allylic oxidation sites excluding steroid dienone is 2. The molecule has 24 valence electrons. The van der Waals surface area contributed by atoms with Gasteiger partial charge in [0.05, 0.1) is 2.74 Å². The Hall–Kier alpha value is -0.260. The van der Waals surface area contributed by atoms with Crippen LogP contribution in [0.1, 0.15) is 24.7 Å². The molecular weight excluding hydrogens is 48.0 g/mol. The van der Waals surface area contributed by atoms with Crippen molar-refractivity contribution in [1.29, 1.82) is 0 Å². The third-order valence-corrected chi connectivity index (χ3v) is 0.0625. The molecule has 4 heavy (non-hydrogen) atoms. The molecule has 0 aromatic carbocycles. The Morgan fingerprint density at radius 2 is 2.25 bits per heavy atom. The average molecular weight is 64.2 g/mol. The standard InChI is InChI=1S/C4H8/c1-3-4-2/h3-4H,1-2H3/b4-3+/i1D3,2D3,3D,4D. The zero-order chi connectivity index (χ0) is 10.2. The van der Waals surface area contributed by atoms with E-state index in [1.54, 1.807) is 0 Å². The third-order valence-electron chi connectivity index (χ3n) is 0.0625. The molecule has 0 aliphatic rings. The Balaban J connectivity index is 4.96. The van der Waals surface area contributed by atoms with E-state index < -0.39 is 25.8 Å². The van der Waals surface area contributed by atoms with Gasteiger partial charge in [-0.15, -0.1) is 0 Å². The van der Waals surface area contributed by atoms with Gasteiger partial charge in [0.25, 0.3) is 0 Å². The highest BCUT2D eigenvalue weighted by Crippen LogP contribution is 1.57. The second-order valence-electron chi connectivity index (χ2n) is 0.250. The minimum atomic E-state index is -2.81. The molecule has 0 heterocycles. The topological polar surface area (TPSA) is 0 Å². The van der Waals surface area contributed by atoms with Gasteiger partial charge in [0.1, 0.15) is 0 Å². The molecule has 0 bridgehead atoms. The van der Waals surface area contributed by atoms with Crippen molar-refractivity contribution in [2.75, 3.05) is 0 Å². The Kier molecular flexibility index (Phi) is 0.167. The first kappa shape index (κ1) is 0.243. The van der Waals surface area contributed by atoms with Gasteiger partial charge in [-0.1, -0.05) is 12.1 Å². The van der Waals surface area contributed by atoms with Gasteiger partial charge in [-0.2, -0.15) is 0 Å². The smallest absolute Gasteiger partial charge is 0.0569 e. The summed E-state index contributed by atoms with van der Waals surface area (Å²) in [5.41, 5.74) is 0. The van der Waals surface area contributed by atoms with Crippen molar-refractivity contribution in [3.63, 3.8) is 0 Å². The summed E-state index contributed by atoms with van der Waals surface area (Å²) in [6.07, 6.45) is 0. The van der Waals surface area contributed by atoms with Crippen LogP contribution in [0.3, 0.4) is 0 Å². The van der Waals surface area contributed by atoms with Crippen molar-refractivity contribution in [2.45, 2.75) is 13.7 Å². The quantitative estimate of drug-likeness (QED) is 0.375. The predicted octanol–water partition coefficient (Wildman–Crippen LogP) is 1.58. The molecule has 0 amide bonds. The second kappa shape index (κ2) is 2.74. The van der Waals surface area contributed by atoms with Gasteiger partial charge in [-0.25, -0.2) is 0 Å². The molecule has 0 aliphatic heterocycles. The maximum absolute atomic E-state index is 6.85. The molecule has 0 radical (unpaired) electrons. The Morgan fingerprint density at radius 3 is 2.50 bits per heavy atom. The van der Waals surface area contributed by atoms with Gasteiger partial charge in [0.2, 0.25) is 0 Å². The summed E-state index contributed by atoms with van der Waals surface area (Å²) in [5.74, 6) is 0. The van der Waals surface area contributed by atoms with Gasteiger partial charge >= 0.3 is 0 Å². The fourth-order valence-corrected chi connectivity index (χ4v) is 0. The van der Waals surface area contributed by atoms with Crippen LogP contribution in [0.2, 0.25) is 0 Å². The van der Waals surface area contributed by atoms with Crippen molar-refractivity contribution in [2.24, 2.45) is 0 Å². The van der Waals surface area contributed by atoms with E-state index >= 15 is 0 Å². The molecule has 0 unspecified atom stereocenters. The van der Waals surface area contributed by atoms with E-state index in [-0.39, 0.29) is 0 Å². The minimum absolute atomic E-state index is 1.12. The molecule has 0 aliphatic carbocycles. The van der Waals surface area contributed by atoms with E-state index in [9.17, 15) is 0 Å². The van der Waals surface area contributed by atoms with E-state index in [1.807, 2.05) is 0 Å². The molecule has 0 fully saturated rings. The van der Waals surface area contributed by atoms with Crippen molar-refractivity contribution in [3.8, 4) is 0 Å². The first-order valence-corrected chi connectivity index (χ1v) is 0.750. The Morgan fingerprint density at radius 1 is 1.75 bits per heavy atom. The van der Waals surface area contributed by atoms with Crippen molar-refractivity contribution >= 4 is 0 Å². The Bertz CT molecular complexity index is 170. The summed E-state index contributed by atoms with van der Waals surface area (Å²) in [7, 11) is 0. The molecule has 0 spiro atoms. The molecule has 0 heteroatoms. The van der Waals surface area contributed by atoms with E-state index in [0.717, 1.165) is 0 Å². The van der Waals surface area contributed by atoms with Gasteiger partial charge in [0.15, 0.2) is 0 Å². The fraction of sp³-hybridized carbons (Fsp3) is 0.500. The van der Waals surface area contributed by atoms with Gasteiger partial charge in [0, 0.05) is 8.22 Å². The molecule has 0 saturated carbocycles. The summed E-state index contributed by atoms with van der Waals surface area (Å²) >= 11 is 0. The Labute approximate surface area is 38.4 Å². The molecule has 0 N–H and O–H groups in total. The number of hydrogen-bond acceptors (Lipinski definition) is 0. The van der Waals surface area contributed by atoms with E-state index in [0.29, 0.717) is 0 Å². The first-order chi connectivity index (χ1) is 5.07. The highest BCUT2D eigenvalue weighted by atomic mass is 13.4. The lowest BCUT2D eigenvalue weighted by Gasteiger charge is -1.49. The maximum Gasteiger partial charge on any atom is 0.0569 e. The molecular formula is C4H8. The van der Waals surface area contributed by atoms with Crippen molar-refractivity contribution < 1.29 is 11.0 Å². The van der Waals surface area contributed by atoms with Crippen LogP contribution in [0.5, 0.6) is 0 Å². The second-order valence-corrected chi connectivity index (χ2v) is 0.250. The zero-order valence-corrected chi connectivity index (χ0v) is 2.00. The highest BCUT2D eigenvalue weighted by Gasteiger charge is 1.34. The van der Waals surface area contributed by atoms with Crippen LogP contribution in [0.4, 0.5) is 0 Å². The first-order valence-electron chi connectivity index (χ1n) is 4.75. The van der Waals surface area contributed by atoms with Crippen molar-refractivity contribution in [3.05, 3.63) is 12.1 Å². The highest BCUT2D eigenvalue weighted by molar-refractivity contribution is 4.68. The van der Waals surface area contributed by atoms with Crippen molar-refractivity contribution in [1.82, 2.24) is 0 Å². The molecule has 0 atom stereocenters. The van der Waals surface area contributed by atoms with Crippen LogP contribution in [0.25, 0.3) is 0 Å². The van der Waals surface area contributed by atoms with Crippen LogP contribution in [0, 0.1) is 0 Å². The SMILES string of the molecule is [2H]/C(=C(/[2H])C([2H])([2H])[2H])C([2H])([2H])[2H]. The number of rotatable bonds is 0. The maximum atomic E-state index is 6.85. The molecule has 0 rings (SSSR count). The van der Waals surface area contributed by atoms with Gasteiger partial charge in [-0.05, 0) is 13.7 Å². The largest absolute Gasteiger partial charge is 0.0919 e. The summed E-state index contributed by atoms with van der Waals surface area (Å²) < 4.78 is 53.7. The molecule has 0 saturated heterocycles. The monoisotopic (exact) mass is 64.1 g/mol.